The number of pyridine rings is 2. The Morgan fingerprint density at radius 3 is 2.16 bits per heavy atom. The molecule has 1 unspecified atom stereocenters. The van der Waals surface area contributed by atoms with Crippen molar-refractivity contribution in [2.24, 2.45) is 5.16 Å². The van der Waals surface area contributed by atoms with E-state index in [1.54, 1.807) is 26.0 Å². The Balaban J connectivity index is 0.000000175. The second kappa shape index (κ2) is 16.4. The molecule has 7 aromatic heterocycles. The van der Waals surface area contributed by atoms with Gasteiger partial charge in [-0.1, -0.05) is 17.2 Å². The SMILES string of the molecule is CC(=O)c1ccc2nnc(Cc3c(F)cc4ncc(-c5c(C)noc5C)cc4c3F)n2n1.CC(c1c(F)cc2ncc(C(C)(C)O)cc2c1F)c1nnc2ccc(C(=O)/C=N/O)nn12. The van der Waals surface area contributed by atoms with E-state index in [0.717, 1.165) is 6.07 Å². The number of hydrogen-bond acceptors (Lipinski definition) is 15. The van der Waals surface area contributed by atoms with Gasteiger partial charge in [0.2, 0.25) is 5.78 Å². The van der Waals surface area contributed by atoms with Gasteiger partial charge in [-0.25, -0.2) is 17.6 Å². The van der Waals surface area contributed by atoms with Crippen molar-refractivity contribution in [2.45, 2.75) is 59.5 Å². The number of carbonyl (C=O) groups is 2. The molecule has 2 aromatic carbocycles. The molecular formula is C43H34F4N12O5. The number of aromatic nitrogens is 11. The van der Waals surface area contributed by atoms with Crippen LogP contribution >= 0.6 is 0 Å². The predicted octanol–water partition coefficient (Wildman–Crippen LogP) is 6.99. The van der Waals surface area contributed by atoms with Crippen LogP contribution in [0, 0.1) is 37.1 Å². The summed E-state index contributed by atoms with van der Waals surface area (Å²) in [5.74, 6) is -4.16. The molecule has 64 heavy (non-hydrogen) atoms. The van der Waals surface area contributed by atoms with Crippen molar-refractivity contribution in [3.63, 3.8) is 0 Å². The molecule has 9 aromatic rings. The van der Waals surface area contributed by atoms with Crippen LogP contribution in [-0.2, 0) is 12.0 Å². The van der Waals surface area contributed by atoms with Crippen molar-refractivity contribution < 1.29 is 42.0 Å². The number of halogens is 4. The van der Waals surface area contributed by atoms with Gasteiger partial charge in [-0.05, 0) is 64.1 Å². The van der Waals surface area contributed by atoms with E-state index in [2.05, 4.69) is 50.9 Å². The Morgan fingerprint density at radius 2 is 1.48 bits per heavy atom. The second-order valence-electron chi connectivity index (χ2n) is 15.3. The Morgan fingerprint density at radius 1 is 0.844 bits per heavy atom. The number of rotatable bonds is 9. The molecule has 9 rings (SSSR count). The van der Waals surface area contributed by atoms with Crippen molar-refractivity contribution in [1.29, 1.82) is 0 Å². The molecule has 2 N–H and O–H groups in total. The number of aryl methyl sites for hydroxylation is 2. The van der Waals surface area contributed by atoms with Crippen LogP contribution in [0.3, 0.4) is 0 Å². The quantitative estimate of drug-likeness (QED) is 0.0490. The van der Waals surface area contributed by atoms with E-state index >= 15 is 8.78 Å². The molecule has 0 fully saturated rings. The Hall–Kier alpha value is -7.94. The number of oxime groups is 1. The normalized spacial score (nSPS) is 12.4. The Labute approximate surface area is 358 Å². The summed E-state index contributed by atoms with van der Waals surface area (Å²) in [7, 11) is 0. The maximum Gasteiger partial charge on any atom is 0.227 e. The first-order valence-corrected chi connectivity index (χ1v) is 19.3. The third-order valence-electron chi connectivity index (χ3n) is 10.5. The van der Waals surface area contributed by atoms with Crippen LogP contribution in [0.25, 0.3) is 44.2 Å². The van der Waals surface area contributed by atoms with Crippen LogP contribution < -0.4 is 0 Å². The molecule has 17 nitrogen and oxygen atoms in total. The second-order valence-corrected chi connectivity index (χ2v) is 15.3. The van der Waals surface area contributed by atoms with E-state index < -0.39 is 40.6 Å². The summed E-state index contributed by atoms with van der Waals surface area (Å²) in [6.45, 7) is 9.52. The van der Waals surface area contributed by atoms with Gasteiger partial charge in [-0.3, -0.25) is 19.6 Å². The highest BCUT2D eigenvalue weighted by Gasteiger charge is 2.27. The molecule has 0 aliphatic rings. The maximum absolute atomic E-state index is 15.5. The monoisotopic (exact) mass is 874 g/mol. The molecule has 7 heterocycles. The highest BCUT2D eigenvalue weighted by Crippen LogP contribution is 2.34. The van der Waals surface area contributed by atoms with Gasteiger partial charge < -0.3 is 14.8 Å². The van der Waals surface area contributed by atoms with Gasteiger partial charge in [-0.2, -0.15) is 19.2 Å². The highest BCUT2D eigenvalue weighted by molar-refractivity contribution is 6.34. The first-order valence-electron chi connectivity index (χ1n) is 19.3. The molecule has 0 amide bonds. The molecular weight excluding hydrogens is 841 g/mol. The van der Waals surface area contributed by atoms with Crippen LogP contribution in [0.2, 0.25) is 0 Å². The number of carbonyl (C=O) groups excluding carboxylic acids is 2. The summed E-state index contributed by atoms with van der Waals surface area (Å²) in [6, 6.07) is 11.2. The number of aliphatic hydroxyl groups is 1. The van der Waals surface area contributed by atoms with Gasteiger partial charge in [-0.15, -0.1) is 20.4 Å². The van der Waals surface area contributed by atoms with Gasteiger partial charge in [0.15, 0.2) is 28.7 Å². The van der Waals surface area contributed by atoms with Gasteiger partial charge >= 0.3 is 0 Å². The highest BCUT2D eigenvalue weighted by atomic mass is 19.1. The summed E-state index contributed by atoms with van der Waals surface area (Å²) in [6.07, 6.45) is 3.37. The fourth-order valence-electron chi connectivity index (χ4n) is 7.12. The minimum atomic E-state index is -1.26. The number of ketones is 2. The number of Topliss-reactive ketones (excluding diaryl/α,β-unsaturated/α-hetero) is 2. The van der Waals surface area contributed by atoms with Crippen molar-refractivity contribution >= 4 is 50.9 Å². The summed E-state index contributed by atoms with van der Waals surface area (Å²) in [5.41, 5.74) is 1.66. The maximum atomic E-state index is 15.5. The topological polar surface area (TPSA) is 225 Å². The van der Waals surface area contributed by atoms with E-state index in [1.165, 1.54) is 79.5 Å². The Bertz CT molecular complexity index is 3360. The molecule has 1 atom stereocenters. The number of fused-ring (bicyclic) bond motifs is 4. The third-order valence-corrected chi connectivity index (χ3v) is 10.5. The number of nitrogens with zero attached hydrogens (tertiary/aromatic N) is 12. The first kappa shape index (κ1) is 42.7. The number of benzene rings is 2. The lowest BCUT2D eigenvalue weighted by Crippen LogP contribution is -2.16. The molecule has 324 valence electrons. The minimum Gasteiger partial charge on any atom is -0.411 e. The lowest BCUT2D eigenvalue weighted by Gasteiger charge is -2.19. The van der Waals surface area contributed by atoms with Gasteiger partial charge in [0.05, 0.1) is 22.3 Å². The van der Waals surface area contributed by atoms with Crippen molar-refractivity contribution in [1.82, 2.24) is 54.7 Å². The largest absolute Gasteiger partial charge is 0.411 e. The van der Waals surface area contributed by atoms with Gasteiger partial charge in [0, 0.05) is 82.4 Å². The number of hydrogen-bond donors (Lipinski definition) is 2. The molecule has 0 spiro atoms. The lowest BCUT2D eigenvalue weighted by molar-refractivity contribution is 0.0783. The van der Waals surface area contributed by atoms with Crippen LogP contribution in [-0.4, -0.2) is 82.8 Å². The fourth-order valence-corrected chi connectivity index (χ4v) is 7.12. The summed E-state index contributed by atoms with van der Waals surface area (Å²) in [4.78, 5) is 31.9. The van der Waals surface area contributed by atoms with Crippen LogP contribution in [0.4, 0.5) is 17.6 Å². The standard InChI is InChI=1S/C22H16F2N6O2.C21H18F2N6O3/c1-10-21(12(3)32-29-10)13-6-15-18(25-9-13)8-16(23)14(22(15)24)7-20-27-26-19-5-4-17(11(2)31)28-30(19)20;1-10(20-27-26-17-5-4-14(28-29(17)20)16(30)9-25-32)18-13(22)7-15-12(19(18)23)6-11(8-24-15)21(2,3)31/h4-6,8-9H,7H2,1-3H3;4-10,31-32H,1-3H3/b;25-9+. The molecule has 0 saturated carbocycles. The fraction of sp³-hybridized carbons (Fsp3) is 0.209. The van der Waals surface area contributed by atoms with Gasteiger partial charge in [0.25, 0.3) is 0 Å². The van der Waals surface area contributed by atoms with E-state index in [4.69, 9.17) is 9.73 Å². The van der Waals surface area contributed by atoms with Crippen LogP contribution in [0.1, 0.15) is 94.4 Å². The van der Waals surface area contributed by atoms with Crippen LogP contribution in [0.5, 0.6) is 0 Å². The molecule has 0 aliphatic heterocycles. The van der Waals surface area contributed by atoms with E-state index in [0.29, 0.717) is 40.0 Å². The minimum absolute atomic E-state index is 0.0460. The molecule has 0 saturated heterocycles. The zero-order valence-corrected chi connectivity index (χ0v) is 34.6. The zero-order chi connectivity index (χ0) is 45.8. The third kappa shape index (κ3) is 7.76. The average Bonchev–Trinajstić information content (AvgIpc) is 3.97. The Kier molecular flexibility index (Phi) is 11.0. The average molecular weight is 875 g/mol. The van der Waals surface area contributed by atoms with Crippen LogP contribution in [0.15, 0.2) is 70.6 Å². The van der Waals surface area contributed by atoms with E-state index in [1.807, 2.05) is 0 Å². The summed E-state index contributed by atoms with van der Waals surface area (Å²) < 4.78 is 68.5. The molecule has 0 aliphatic carbocycles. The van der Waals surface area contributed by atoms with E-state index in [9.17, 15) is 23.5 Å². The van der Waals surface area contributed by atoms with Crippen molar-refractivity contribution in [3.8, 4) is 11.1 Å². The lowest BCUT2D eigenvalue weighted by atomic mass is 9.94. The smallest absolute Gasteiger partial charge is 0.227 e. The summed E-state index contributed by atoms with van der Waals surface area (Å²) in [5, 5.41) is 49.8. The summed E-state index contributed by atoms with van der Waals surface area (Å²) >= 11 is 0. The van der Waals surface area contributed by atoms with Crippen molar-refractivity contribution in [3.05, 3.63) is 135 Å². The molecule has 0 bridgehead atoms. The molecule has 0 radical (unpaired) electrons. The van der Waals surface area contributed by atoms with Crippen molar-refractivity contribution in [2.75, 3.05) is 0 Å². The van der Waals surface area contributed by atoms with E-state index in [-0.39, 0.29) is 73.8 Å². The van der Waals surface area contributed by atoms with Gasteiger partial charge in [0.1, 0.15) is 46.6 Å². The first-order chi connectivity index (χ1) is 30.4. The zero-order valence-electron chi connectivity index (χ0n) is 34.6. The predicted molar refractivity (Wildman–Crippen MR) is 220 cm³/mol. The molecule has 21 heteroatoms.